The van der Waals surface area contributed by atoms with Gasteiger partial charge in [0.15, 0.2) is 0 Å². The Hall–Kier alpha value is -2.01. The molecular weight excluding hydrogens is 352 g/mol. The van der Waals surface area contributed by atoms with Crippen LogP contribution >= 0.6 is 0 Å². The second-order valence-corrected chi connectivity index (χ2v) is 6.88. The molecule has 0 spiro atoms. The van der Waals surface area contributed by atoms with E-state index in [0.29, 0.717) is 6.61 Å². The summed E-state index contributed by atoms with van der Waals surface area (Å²) >= 11 is 0. The second-order valence-electron chi connectivity index (χ2n) is 6.88. The normalized spacial score (nSPS) is 12.0. The van der Waals surface area contributed by atoms with E-state index in [1.165, 1.54) is 0 Å². The Balaban J connectivity index is 2.43. The van der Waals surface area contributed by atoms with Crippen LogP contribution in [-0.4, -0.2) is 50.6 Å². The van der Waals surface area contributed by atoms with Crippen LogP contribution in [-0.2, 0) is 4.84 Å². The largest absolute Gasteiger partial charge is 0.493 e. The molecule has 0 aromatic heterocycles. The maximum atomic E-state index is 6.07. The van der Waals surface area contributed by atoms with Crippen LogP contribution in [0.2, 0.25) is 0 Å². The van der Waals surface area contributed by atoms with Gasteiger partial charge in [-0.1, -0.05) is 31.2 Å². The summed E-state index contributed by atoms with van der Waals surface area (Å²) < 4.78 is 11.8. The average Bonchev–Trinajstić information content (AvgIpc) is 2.68. The van der Waals surface area contributed by atoms with Crippen LogP contribution < -0.4 is 9.47 Å². The van der Waals surface area contributed by atoms with E-state index in [2.05, 4.69) is 37.8 Å². The van der Waals surface area contributed by atoms with E-state index in [4.69, 9.17) is 14.3 Å². The first-order valence-corrected chi connectivity index (χ1v) is 10.3. The molecule has 0 bridgehead atoms. The number of benzene rings is 1. The van der Waals surface area contributed by atoms with Crippen molar-refractivity contribution in [3.8, 4) is 11.5 Å². The second kappa shape index (κ2) is 14.1. The Kier molecular flexibility index (Phi) is 12.1. The third-order valence-corrected chi connectivity index (χ3v) is 4.61. The first-order valence-electron chi connectivity index (χ1n) is 10.3. The topological polar surface area (TPSA) is 43.3 Å². The summed E-state index contributed by atoms with van der Waals surface area (Å²) in [6, 6.07) is 4.10. The summed E-state index contributed by atoms with van der Waals surface area (Å²) in [4.78, 5) is 7.32. The Labute approximate surface area is 171 Å². The van der Waals surface area contributed by atoms with Crippen molar-refractivity contribution in [1.29, 1.82) is 0 Å². The van der Waals surface area contributed by atoms with Gasteiger partial charge in [0.05, 0.1) is 12.3 Å². The number of hydrogen-bond acceptors (Lipinski definition) is 5. The molecule has 1 aromatic carbocycles. The average molecular weight is 391 g/mol. The Bertz CT molecular complexity index is 603. The van der Waals surface area contributed by atoms with E-state index in [-0.39, 0.29) is 0 Å². The SMILES string of the molecule is C/C=C/COc1cc(C)c(OCCCCN(CC)C/C(CC)=N/OC)c(C)c1. The minimum absolute atomic E-state index is 0.596. The molecule has 0 atom stereocenters. The summed E-state index contributed by atoms with van der Waals surface area (Å²) in [7, 11) is 1.61. The number of aryl methyl sites for hydroxylation is 2. The first-order chi connectivity index (χ1) is 13.5. The van der Waals surface area contributed by atoms with Gasteiger partial charge in [0.1, 0.15) is 25.2 Å². The molecule has 0 fully saturated rings. The van der Waals surface area contributed by atoms with Crippen molar-refractivity contribution in [2.45, 2.75) is 53.9 Å². The van der Waals surface area contributed by atoms with Gasteiger partial charge in [0.2, 0.25) is 0 Å². The van der Waals surface area contributed by atoms with E-state index >= 15 is 0 Å². The molecule has 28 heavy (non-hydrogen) atoms. The first kappa shape index (κ1) is 24.0. The zero-order chi connectivity index (χ0) is 20.8. The summed E-state index contributed by atoms with van der Waals surface area (Å²) in [5.74, 6) is 1.87. The van der Waals surface area contributed by atoms with Gasteiger partial charge in [-0.15, -0.1) is 0 Å². The Morgan fingerprint density at radius 3 is 2.39 bits per heavy atom. The lowest BCUT2D eigenvalue weighted by atomic mass is 10.1. The van der Waals surface area contributed by atoms with Crippen molar-refractivity contribution in [1.82, 2.24) is 4.90 Å². The van der Waals surface area contributed by atoms with Gasteiger partial charge in [-0.25, -0.2) is 0 Å². The zero-order valence-electron chi connectivity index (χ0n) is 18.6. The summed E-state index contributed by atoms with van der Waals surface area (Å²) in [6.45, 7) is 14.7. The predicted octanol–water partition coefficient (Wildman–Crippen LogP) is 5.15. The molecule has 158 valence electrons. The van der Waals surface area contributed by atoms with Crippen molar-refractivity contribution in [3.05, 3.63) is 35.4 Å². The number of nitrogens with zero attached hydrogens (tertiary/aromatic N) is 2. The van der Waals surface area contributed by atoms with E-state index in [0.717, 1.165) is 73.8 Å². The molecule has 0 amide bonds. The van der Waals surface area contributed by atoms with E-state index < -0.39 is 0 Å². The maximum Gasteiger partial charge on any atom is 0.125 e. The van der Waals surface area contributed by atoms with E-state index in [1.807, 2.05) is 31.2 Å². The summed E-state index contributed by atoms with van der Waals surface area (Å²) in [5, 5.41) is 4.10. The van der Waals surface area contributed by atoms with E-state index in [1.54, 1.807) is 7.11 Å². The van der Waals surface area contributed by atoms with Crippen molar-refractivity contribution >= 4 is 5.71 Å². The lowest BCUT2D eigenvalue weighted by Crippen LogP contribution is -2.30. The summed E-state index contributed by atoms with van der Waals surface area (Å²) in [5.41, 5.74) is 3.33. The fourth-order valence-electron chi connectivity index (χ4n) is 3.02. The van der Waals surface area contributed by atoms with Crippen molar-refractivity contribution in [3.63, 3.8) is 0 Å². The van der Waals surface area contributed by atoms with Gasteiger partial charge in [0, 0.05) is 6.54 Å². The molecule has 0 radical (unpaired) electrons. The van der Waals surface area contributed by atoms with Crippen LogP contribution in [0.3, 0.4) is 0 Å². The van der Waals surface area contributed by atoms with Gasteiger partial charge in [-0.05, 0) is 76.4 Å². The van der Waals surface area contributed by atoms with E-state index in [9.17, 15) is 0 Å². The Morgan fingerprint density at radius 2 is 1.82 bits per heavy atom. The van der Waals surface area contributed by atoms with Crippen LogP contribution in [0.15, 0.2) is 29.4 Å². The molecular formula is C23H38N2O3. The highest BCUT2D eigenvalue weighted by Gasteiger charge is 2.09. The molecule has 1 aromatic rings. The fourth-order valence-corrected chi connectivity index (χ4v) is 3.02. The quantitative estimate of drug-likeness (QED) is 0.191. The van der Waals surface area contributed by atoms with Gasteiger partial charge in [0.25, 0.3) is 0 Å². The molecule has 0 N–H and O–H groups in total. The molecule has 0 aliphatic rings. The number of allylic oxidation sites excluding steroid dienone is 1. The lowest BCUT2D eigenvalue weighted by Gasteiger charge is -2.20. The molecule has 0 saturated carbocycles. The molecule has 5 nitrogen and oxygen atoms in total. The van der Waals surface area contributed by atoms with Crippen LogP contribution in [0.1, 0.15) is 51.2 Å². The number of hydrogen-bond donors (Lipinski definition) is 0. The smallest absolute Gasteiger partial charge is 0.125 e. The highest BCUT2D eigenvalue weighted by molar-refractivity contribution is 5.85. The zero-order valence-corrected chi connectivity index (χ0v) is 18.6. The number of ether oxygens (including phenoxy) is 2. The summed E-state index contributed by atoms with van der Waals surface area (Å²) in [6.07, 6.45) is 7.03. The number of oxime groups is 1. The fraction of sp³-hybridized carbons (Fsp3) is 0.609. The van der Waals surface area contributed by atoms with Gasteiger partial charge in [-0.2, -0.15) is 0 Å². The van der Waals surface area contributed by atoms with Crippen LogP contribution in [0.4, 0.5) is 0 Å². The van der Waals surface area contributed by atoms with Crippen LogP contribution in [0.25, 0.3) is 0 Å². The number of rotatable bonds is 14. The molecule has 0 unspecified atom stereocenters. The molecule has 5 heteroatoms. The molecule has 0 saturated heterocycles. The van der Waals surface area contributed by atoms with Crippen molar-refractivity contribution in [2.24, 2.45) is 5.16 Å². The van der Waals surface area contributed by atoms with Gasteiger partial charge < -0.3 is 14.3 Å². The molecule has 0 heterocycles. The van der Waals surface area contributed by atoms with Crippen LogP contribution in [0, 0.1) is 13.8 Å². The number of unbranched alkanes of at least 4 members (excludes halogenated alkanes) is 1. The predicted molar refractivity (Wildman–Crippen MR) is 118 cm³/mol. The third kappa shape index (κ3) is 8.79. The van der Waals surface area contributed by atoms with Crippen molar-refractivity contribution in [2.75, 3.05) is 40.0 Å². The third-order valence-electron chi connectivity index (χ3n) is 4.61. The van der Waals surface area contributed by atoms with Gasteiger partial charge >= 0.3 is 0 Å². The standard InChI is InChI=1S/C23H38N2O3/c1-7-10-14-27-22-16-19(4)23(20(5)17-22)28-15-12-11-13-25(9-3)18-21(8-2)24-26-6/h7,10,16-17H,8-9,11-15,18H2,1-6H3/b10-7+,24-21+. The molecule has 0 aliphatic heterocycles. The van der Waals surface area contributed by atoms with Gasteiger partial charge in [-0.3, -0.25) is 4.90 Å². The molecule has 0 aliphatic carbocycles. The highest BCUT2D eigenvalue weighted by Crippen LogP contribution is 2.28. The Morgan fingerprint density at radius 1 is 1.11 bits per heavy atom. The monoisotopic (exact) mass is 390 g/mol. The molecule has 1 rings (SSSR count). The maximum absolute atomic E-state index is 6.07. The lowest BCUT2D eigenvalue weighted by molar-refractivity contribution is 0.208. The van der Waals surface area contributed by atoms with Crippen LogP contribution in [0.5, 0.6) is 11.5 Å². The van der Waals surface area contributed by atoms with Crippen molar-refractivity contribution < 1.29 is 14.3 Å². The minimum atomic E-state index is 0.596. The highest BCUT2D eigenvalue weighted by atomic mass is 16.6. The minimum Gasteiger partial charge on any atom is -0.493 e.